The van der Waals surface area contributed by atoms with Crippen LogP contribution < -0.4 is 0 Å². The van der Waals surface area contributed by atoms with E-state index in [1.807, 2.05) is 0 Å². The van der Waals surface area contributed by atoms with Gasteiger partial charge in [0, 0.05) is 0 Å². The van der Waals surface area contributed by atoms with Crippen LogP contribution >= 0.6 is 15.9 Å². The van der Waals surface area contributed by atoms with Crippen molar-refractivity contribution in [3.63, 3.8) is 0 Å². The van der Waals surface area contributed by atoms with E-state index in [1.54, 1.807) is 6.07 Å². The van der Waals surface area contributed by atoms with E-state index in [2.05, 4.69) is 15.9 Å². The first-order valence-corrected chi connectivity index (χ1v) is 3.96. The smallest absolute Gasteiger partial charge is 0.223 e. The molecule has 1 aromatic heterocycles. The largest absolute Gasteiger partial charge is 0.438 e. The van der Waals surface area contributed by atoms with E-state index in [9.17, 15) is 4.21 Å². The molecule has 1 heterocycles. The molecule has 50 valence electrons. The zero-order valence-corrected chi connectivity index (χ0v) is 6.61. The van der Waals surface area contributed by atoms with Gasteiger partial charge in [-0.1, -0.05) is 0 Å². The minimum Gasteiger partial charge on any atom is -0.438 e. The maximum atomic E-state index is 10.2. The molecule has 0 aliphatic rings. The first-order chi connectivity index (χ1) is 4.20. The molecule has 0 aliphatic heterocycles. The van der Waals surface area contributed by atoms with Gasteiger partial charge >= 0.3 is 0 Å². The minimum absolute atomic E-state index is 0.0573. The summed E-state index contributed by atoms with van der Waals surface area (Å²) in [5, 5.41) is 0.0573. The Morgan fingerprint density at radius 3 is 2.56 bits per heavy atom. The number of furan rings is 1. The number of hydrogen-bond acceptors (Lipinski definition) is 2. The lowest BCUT2D eigenvalue weighted by atomic mass is 10.7. The van der Waals surface area contributed by atoms with Crippen LogP contribution in [0.5, 0.6) is 0 Å². The van der Waals surface area contributed by atoms with Gasteiger partial charge < -0.3 is 4.42 Å². The Morgan fingerprint density at radius 2 is 2.33 bits per heavy atom. The lowest BCUT2D eigenvalue weighted by molar-refractivity contribution is 0.425. The Bertz CT molecular complexity index is 231. The molecule has 0 saturated carbocycles. The highest BCUT2D eigenvalue weighted by Crippen LogP contribution is 2.15. The van der Waals surface area contributed by atoms with Gasteiger partial charge in [-0.15, -0.1) is 0 Å². The van der Waals surface area contributed by atoms with Crippen LogP contribution in [-0.4, -0.2) is 8.76 Å². The molecule has 3 nitrogen and oxygen atoms in total. The van der Waals surface area contributed by atoms with Crippen molar-refractivity contribution in [3.05, 3.63) is 16.8 Å². The second kappa shape index (κ2) is 2.64. The molecule has 0 radical (unpaired) electrons. The van der Waals surface area contributed by atoms with Gasteiger partial charge in [-0.3, -0.25) is 4.55 Å². The molecule has 0 aromatic carbocycles. The van der Waals surface area contributed by atoms with E-state index in [0.717, 1.165) is 0 Å². The predicted octanol–water partition coefficient (Wildman–Crippen LogP) is 1.62. The molecule has 0 amide bonds. The van der Waals surface area contributed by atoms with Crippen molar-refractivity contribution >= 4 is 27.0 Å². The highest BCUT2D eigenvalue weighted by atomic mass is 79.9. The lowest BCUT2D eigenvalue weighted by Gasteiger charge is -1.82. The van der Waals surface area contributed by atoms with Gasteiger partial charge in [0.05, 0.1) is 0 Å². The highest BCUT2D eigenvalue weighted by Gasteiger charge is 2.03. The molecule has 0 bridgehead atoms. The SMILES string of the molecule is O=S(O)c1ccc(Br)o1. The molecule has 0 spiro atoms. The van der Waals surface area contributed by atoms with Crippen molar-refractivity contribution < 1.29 is 13.2 Å². The van der Waals surface area contributed by atoms with Crippen molar-refractivity contribution in [1.82, 2.24) is 0 Å². The Morgan fingerprint density at radius 1 is 1.67 bits per heavy atom. The van der Waals surface area contributed by atoms with E-state index in [1.165, 1.54) is 6.07 Å². The molecule has 1 N–H and O–H groups in total. The van der Waals surface area contributed by atoms with Crippen LogP contribution in [-0.2, 0) is 11.1 Å². The van der Waals surface area contributed by atoms with Crippen LogP contribution in [0.15, 0.2) is 26.3 Å². The molecule has 0 aliphatic carbocycles. The molecule has 1 unspecified atom stereocenters. The van der Waals surface area contributed by atoms with Crippen LogP contribution in [0.2, 0.25) is 0 Å². The fourth-order valence-electron chi connectivity index (χ4n) is 0.392. The van der Waals surface area contributed by atoms with Crippen molar-refractivity contribution in [3.8, 4) is 0 Å². The average Bonchev–Trinajstić information content (AvgIpc) is 2.14. The van der Waals surface area contributed by atoms with Crippen LogP contribution in [0.1, 0.15) is 0 Å². The summed E-state index contributed by atoms with van der Waals surface area (Å²) in [5.74, 6) is 0. The summed E-state index contributed by atoms with van der Waals surface area (Å²) in [7, 11) is 0. The molecule has 5 heteroatoms. The van der Waals surface area contributed by atoms with Gasteiger partial charge in [0.15, 0.2) is 4.67 Å². The number of rotatable bonds is 1. The normalized spacial score (nSPS) is 13.6. The van der Waals surface area contributed by atoms with E-state index in [0.29, 0.717) is 4.67 Å². The number of hydrogen-bond donors (Lipinski definition) is 1. The summed E-state index contributed by atoms with van der Waals surface area (Å²) in [5.41, 5.74) is 0. The molecule has 1 rings (SSSR count). The highest BCUT2D eigenvalue weighted by molar-refractivity contribution is 9.10. The predicted molar refractivity (Wildman–Crippen MR) is 35.4 cm³/mol. The second-order valence-electron chi connectivity index (χ2n) is 1.31. The summed E-state index contributed by atoms with van der Waals surface area (Å²) in [4.78, 5) is 0. The molecule has 0 fully saturated rings. The summed E-state index contributed by atoms with van der Waals surface area (Å²) >= 11 is 0.983. The topological polar surface area (TPSA) is 50.4 Å². The monoisotopic (exact) mass is 210 g/mol. The van der Waals surface area contributed by atoms with Crippen LogP contribution in [0, 0.1) is 0 Å². The number of halogens is 1. The molecule has 1 atom stereocenters. The Hall–Kier alpha value is -0.130. The second-order valence-corrected chi connectivity index (χ2v) is 2.99. The third-order valence-electron chi connectivity index (χ3n) is 0.721. The van der Waals surface area contributed by atoms with Crippen LogP contribution in [0.3, 0.4) is 0 Å². The zero-order valence-electron chi connectivity index (χ0n) is 4.20. The summed E-state index contributed by atoms with van der Waals surface area (Å²) in [6, 6.07) is 2.99. The first kappa shape index (κ1) is 6.98. The fourth-order valence-corrected chi connectivity index (χ4v) is 1.15. The van der Waals surface area contributed by atoms with Gasteiger partial charge in [0.1, 0.15) is 0 Å². The summed E-state index contributed by atoms with van der Waals surface area (Å²) in [6.07, 6.45) is 0. The van der Waals surface area contributed by atoms with Gasteiger partial charge in [-0.05, 0) is 28.1 Å². The quantitative estimate of drug-likeness (QED) is 0.718. The molecular formula is C4H3BrO3S. The van der Waals surface area contributed by atoms with Gasteiger partial charge in [0.2, 0.25) is 16.2 Å². The van der Waals surface area contributed by atoms with Crippen molar-refractivity contribution in [2.75, 3.05) is 0 Å². The van der Waals surface area contributed by atoms with Gasteiger partial charge in [-0.25, -0.2) is 4.21 Å². The molecular weight excluding hydrogens is 208 g/mol. The van der Waals surface area contributed by atoms with Gasteiger partial charge in [-0.2, -0.15) is 0 Å². The third-order valence-corrected chi connectivity index (χ3v) is 1.71. The zero-order chi connectivity index (χ0) is 6.85. The van der Waals surface area contributed by atoms with E-state index in [4.69, 9.17) is 8.97 Å². The summed E-state index contributed by atoms with van der Waals surface area (Å²) < 4.78 is 23.8. The average molecular weight is 211 g/mol. The van der Waals surface area contributed by atoms with Crippen molar-refractivity contribution in [2.45, 2.75) is 5.09 Å². The Balaban J connectivity index is 2.98. The maximum Gasteiger partial charge on any atom is 0.223 e. The van der Waals surface area contributed by atoms with Crippen LogP contribution in [0.25, 0.3) is 0 Å². The van der Waals surface area contributed by atoms with Gasteiger partial charge in [0.25, 0.3) is 0 Å². The van der Waals surface area contributed by atoms with E-state index >= 15 is 0 Å². The molecule has 9 heavy (non-hydrogen) atoms. The van der Waals surface area contributed by atoms with E-state index in [-0.39, 0.29) is 5.09 Å². The first-order valence-electron chi connectivity index (χ1n) is 2.06. The Labute approximate surface area is 62.5 Å². The Kier molecular flexibility index (Phi) is 2.05. The van der Waals surface area contributed by atoms with Crippen LogP contribution in [0.4, 0.5) is 0 Å². The standard InChI is InChI=1S/C4H3BrO3S/c5-3-1-2-4(8-3)9(6)7/h1-2H,(H,6,7). The van der Waals surface area contributed by atoms with Crippen molar-refractivity contribution in [2.24, 2.45) is 0 Å². The lowest BCUT2D eigenvalue weighted by Crippen LogP contribution is -1.81. The minimum atomic E-state index is -2.00. The fraction of sp³-hybridized carbons (Fsp3) is 0. The molecule has 1 aromatic rings. The van der Waals surface area contributed by atoms with E-state index < -0.39 is 11.1 Å². The third kappa shape index (κ3) is 1.64. The molecule has 0 saturated heterocycles. The van der Waals surface area contributed by atoms with Crippen molar-refractivity contribution in [1.29, 1.82) is 0 Å². The summed E-state index contributed by atoms with van der Waals surface area (Å²) in [6.45, 7) is 0. The maximum absolute atomic E-state index is 10.2.